The van der Waals surface area contributed by atoms with E-state index in [2.05, 4.69) is 64.8 Å². The molecule has 2 atom stereocenters. The summed E-state index contributed by atoms with van der Waals surface area (Å²) in [7, 11) is 2.23. The maximum Gasteiger partial charge on any atom is 0.0511 e. The van der Waals surface area contributed by atoms with Gasteiger partial charge in [-0.2, -0.15) is 0 Å². The number of likely N-dealkylation sites (N-methyl/N-ethyl adjacent to an activating group) is 1. The zero-order valence-electron chi connectivity index (χ0n) is 13.5. The highest BCUT2D eigenvalue weighted by atomic mass is 79.9. The van der Waals surface area contributed by atoms with Crippen LogP contribution in [-0.4, -0.2) is 43.7 Å². The average molecular weight is 354 g/mol. The minimum atomic E-state index is 0.260. The van der Waals surface area contributed by atoms with Crippen LogP contribution in [0.3, 0.4) is 0 Å². The molecular formula is C17H28BrN3. The molecular weight excluding hydrogens is 326 g/mol. The van der Waals surface area contributed by atoms with Crippen LogP contribution in [0.15, 0.2) is 22.7 Å². The van der Waals surface area contributed by atoms with Gasteiger partial charge in [0.1, 0.15) is 0 Å². The Hall–Kier alpha value is -0.580. The zero-order chi connectivity index (χ0) is 15.4. The third-order valence-corrected chi connectivity index (χ3v) is 5.26. The van der Waals surface area contributed by atoms with Crippen molar-refractivity contribution in [2.75, 3.05) is 31.6 Å². The van der Waals surface area contributed by atoms with Crippen LogP contribution >= 0.6 is 15.9 Å². The summed E-state index contributed by atoms with van der Waals surface area (Å²) < 4.78 is 1.20. The minimum Gasteiger partial charge on any atom is -0.368 e. The normalized spacial score (nSPS) is 21.6. The number of halogens is 1. The van der Waals surface area contributed by atoms with Crippen LogP contribution < -0.4 is 10.6 Å². The van der Waals surface area contributed by atoms with E-state index in [0.717, 1.165) is 32.5 Å². The Balaban J connectivity index is 2.10. The molecule has 118 valence electrons. The van der Waals surface area contributed by atoms with Crippen molar-refractivity contribution < 1.29 is 0 Å². The highest BCUT2D eigenvalue weighted by molar-refractivity contribution is 9.10. The summed E-state index contributed by atoms with van der Waals surface area (Å²) in [5.74, 6) is 0. The van der Waals surface area contributed by atoms with Crippen LogP contribution in [0.1, 0.15) is 32.3 Å². The molecule has 1 heterocycles. The van der Waals surface area contributed by atoms with Crippen LogP contribution in [0, 0.1) is 0 Å². The van der Waals surface area contributed by atoms with Crippen molar-refractivity contribution in [3.63, 3.8) is 0 Å². The molecule has 4 heteroatoms. The van der Waals surface area contributed by atoms with Gasteiger partial charge < -0.3 is 10.6 Å². The molecule has 0 spiro atoms. The van der Waals surface area contributed by atoms with Crippen molar-refractivity contribution in [3.05, 3.63) is 28.2 Å². The van der Waals surface area contributed by atoms with Gasteiger partial charge in [-0.15, -0.1) is 0 Å². The summed E-state index contributed by atoms with van der Waals surface area (Å²) in [5.41, 5.74) is 8.69. The molecule has 2 unspecified atom stereocenters. The van der Waals surface area contributed by atoms with E-state index in [0.29, 0.717) is 6.04 Å². The molecule has 0 saturated carbocycles. The summed E-state index contributed by atoms with van der Waals surface area (Å²) in [6.45, 7) is 7.75. The third kappa shape index (κ3) is 4.21. The fraction of sp³-hybridized carbons (Fsp3) is 0.647. The Morgan fingerprint density at radius 2 is 2.10 bits per heavy atom. The second kappa shape index (κ2) is 7.61. The quantitative estimate of drug-likeness (QED) is 0.881. The van der Waals surface area contributed by atoms with E-state index in [4.69, 9.17) is 5.73 Å². The molecule has 2 N–H and O–H groups in total. The molecule has 1 aliphatic heterocycles. The van der Waals surface area contributed by atoms with Crippen molar-refractivity contribution in [2.24, 2.45) is 5.73 Å². The predicted molar refractivity (Wildman–Crippen MR) is 95.0 cm³/mol. The highest BCUT2D eigenvalue weighted by Crippen LogP contribution is 2.29. The molecule has 0 aromatic heterocycles. The number of nitrogens with zero attached hydrogens (tertiary/aromatic N) is 2. The van der Waals surface area contributed by atoms with Gasteiger partial charge in [0, 0.05) is 36.2 Å². The second-order valence-corrected chi connectivity index (χ2v) is 7.00. The molecule has 1 aliphatic rings. The molecule has 0 aliphatic carbocycles. The van der Waals surface area contributed by atoms with Gasteiger partial charge in [0.15, 0.2) is 0 Å². The van der Waals surface area contributed by atoms with Gasteiger partial charge in [-0.3, -0.25) is 4.90 Å². The topological polar surface area (TPSA) is 32.5 Å². The van der Waals surface area contributed by atoms with Crippen LogP contribution in [0.4, 0.5) is 5.69 Å². The lowest BCUT2D eigenvalue weighted by Crippen LogP contribution is -2.51. The third-order valence-electron chi connectivity index (χ3n) is 4.62. The monoisotopic (exact) mass is 353 g/mol. The van der Waals surface area contributed by atoms with E-state index >= 15 is 0 Å². The summed E-state index contributed by atoms with van der Waals surface area (Å²) >= 11 is 3.76. The van der Waals surface area contributed by atoms with E-state index in [1.165, 1.54) is 22.1 Å². The molecule has 1 aromatic rings. The number of hydrogen-bond acceptors (Lipinski definition) is 3. The molecule has 1 aromatic carbocycles. The van der Waals surface area contributed by atoms with Gasteiger partial charge in [0.05, 0.1) is 5.69 Å². The Labute approximate surface area is 137 Å². The summed E-state index contributed by atoms with van der Waals surface area (Å²) in [6, 6.07) is 7.63. The molecule has 0 amide bonds. The van der Waals surface area contributed by atoms with Crippen LogP contribution in [0.2, 0.25) is 0 Å². The number of benzene rings is 1. The Morgan fingerprint density at radius 1 is 1.33 bits per heavy atom. The Bertz CT molecular complexity index is 463. The predicted octanol–water partition coefficient (Wildman–Crippen LogP) is 3.26. The number of piperazine rings is 1. The number of anilines is 1. The smallest absolute Gasteiger partial charge is 0.0511 e. The molecule has 1 saturated heterocycles. The summed E-state index contributed by atoms with van der Waals surface area (Å²) in [4.78, 5) is 4.97. The van der Waals surface area contributed by atoms with Gasteiger partial charge in [-0.25, -0.2) is 0 Å². The zero-order valence-corrected chi connectivity index (χ0v) is 15.1. The molecule has 1 fully saturated rings. The van der Waals surface area contributed by atoms with E-state index < -0.39 is 0 Å². The van der Waals surface area contributed by atoms with Crippen molar-refractivity contribution in [1.29, 1.82) is 0 Å². The molecule has 3 nitrogen and oxygen atoms in total. The Kier molecular flexibility index (Phi) is 6.08. The number of rotatable bonds is 5. The lowest BCUT2D eigenvalue weighted by molar-refractivity contribution is 0.213. The van der Waals surface area contributed by atoms with Crippen molar-refractivity contribution in [2.45, 2.75) is 45.2 Å². The van der Waals surface area contributed by atoms with Crippen LogP contribution in [-0.2, 0) is 6.42 Å². The van der Waals surface area contributed by atoms with Crippen LogP contribution in [0.25, 0.3) is 0 Å². The fourth-order valence-corrected chi connectivity index (χ4v) is 3.66. The average Bonchev–Trinajstić information content (AvgIpc) is 2.48. The SMILES string of the molecule is CCC(N)Cc1ccc(N2CCN(C)C(CC)C2)c(Br)c1. The van der Waals surface area contributed by atoms with Gasteiger partial charge in [0.2, 0.25) is 0 Å². The molecule has 0 bridgehead atoms. The summed E-state index contributed by atoms with van der Waals surface area (Å²) in [5, 5.41) is 0. The van der Waals surface area contributed by atoms with Gasteiger partial charge >= 0.3 is 0 Å². The lowest BCUT2D eigenvalue weighted by atomic mass is 10.0. The maximum absolute atomic E-state index is 6.06. The molecule has 21 heavy (non-hydrogen) atoms. The van der Waals surface area contributed by atoms with E-state index in [9.17, 15) is 0 Å². The van der Waals surface area contributed by atoms with Gasteiger partial charge in [0.25, 0.3) is 0 Å². The second-order valence-electron chi connectivity index (χ2n) is 6.15. The van der Waals surface area contributed by atoms with Gasteiger partial charge in [-0.1, -0.05) is 19.9 Å². The summed E-state index contributed by atoms with van der Waals surface area (Å²) in [6.07, 6.45) is 3.18. The van der Waals surface area contributed by atoms with E-state index in [-0.39, 0.29) is 6.04 Å². The lowest BCUT2D eigenvalue weighted by Gasteiger charge is -2.40. The largest absolute Gasteiger partial charge is 0.368 e. The van der Waals surface area contributed by atoms with E-state index in [1.807, 2.05) is 0 Å². The fourth-order valence-electron chi connectivity index (χ4n) is 2.99. The van der Waals surface area contributed by atoms with Gasteiger partial charge in [-0.05, 0) is 59.9 Å². The van der Waals surface area contributed by atoms with Crippen molar-refractivity contribution in [1.82, 2.24) is 4.90 Å². The minimum absolute atomic E-state index is 0.260. The first-order chi connectivity index (χ1) is 10.0. The number of hydrogen-bond donors (Lipinski definition) is 1. The first kappa shape index (κ1) is 16.8. The number of nitrogens with two attached hydrogens (primary N) is 1. The molecule has 2 rings (SSSR count). The highest BCUT2D eigenvalue weighted by Gasteiger charge is 2.24. The molecule has 0 radical (unpaired) electrons. The maximum atomic E-state index is 6.06. The Morgan fingerprint density at radius 3 is 2.71 bits per heavy atom. The standard InChI is InChI=1S/C17H28BrN3/c1-4-14(19)10-13-6-7-17(16(18)11-13)21-9-8-20(3)15(5-2)12-21/h6-7,11,14-15H,4-5,8-10,12,19H2,1-3H3. The first-order valence-corrected chi connectivity index (χ1v) is 8.83. The van der Waals surface area contributed by atoms with Crippen molar-refractivity contribution >= 4 is 21.6 Å². The van der Waals surface area contributed by atoms with E-state index in [1.54, 1.807) is 0 Å². The van der Waals surface area contributed by atoms with Crippen LogP contribution in [0.5, 0.6) is 0 Å². The van der Waals surface area contributed by atoms with Crippen molar-refractivity contribution in [3.8, 4) is 0 Å². The first-order valence-electron chi connectivity index (χ1n) is 8.04.